The van der Waals surface area contributed by atoms with Crippen LogP contribution in [0.5, 0.6) is 5.75 Å². The molecule has 0 aromatic heterocycles. The maximum Gasteiger partial charge on any atom is 0.331 e. The molecule has 0 bridgehead atoms. The Hall–Kier alpha value is -2.55. The number of fused-ring (bicyclic) bond motifs is 3. The third-order valence-corrected chi connectivity index (χ3v) is 7.16. The third kappa shape index (κ3) is 4.29. The average Bonchev–Trinajstić information content (AvgIpc) is 3.56. The van der Waals surface area contributed by atoms with Crippen molar-refractivity contribution < 1.29 is 59.1 Å². The van der Waals surface area contributed by atoms with Gasteiger partial charge in [-0.2, -0.15) is 0 Å². The molecule has 196 valence electrons. The molecule has 6 N–H and O–H groups in total. The number of ether oxygens (including phenoxy) is 5. The molecule has 5 rings (SSSR count). The second kappa shape index (κ2) is 9.72. The number of phenolic OH excluding ortho intramolecular Hbond substituents is 1. The molecule has 1 aromatic carbocycles. The summed E-state index contributed by atoms with van der Waals surface area (Å²) < 4.78 is 28.3. The highest BCUT2D eigenvalue weighted by Crippen LogP contribution is 2.60. The topological polar surface area (TPSA) is 188 Å². The van der Waals surface area contributed by atoms with E-state index in [1.165, 1.54) is 30.5 Å². The van der Waals surface area contributed by atoms with E-state index in [0.717, 1.165) is 0 Å². The molecule has 36 heavy (non-hydrogen) atoms. The van der Waals surface area contributed by atoms with Crippen LogP contribution < -0.4 is 0 Å². The van der Waals surface area contributed by atoms with Crippen molar-refractivity contribution in [1.82, 2.24) is 0 Å². The molecule has 3 heterocycles. The molecule has 1 saturated carbocycles. The molecule has 3 fully saturated rings. The van der Waals surface area contributed by atoms with E-state index in [0.29, 0.717) is 5.56 Å². The van der Waals surface area contributed by atoms with Crippen LogP contribution in [0.3, 0.4) is 0 Å². The van der Waals surface area contributed by atoms with E-state index in [1.807, 2.05) is 0 Å². The molecule has 1 aromatic rings. The van der Waals surface area contributed by atoms with Gasteiger partial charge >= 0.3 is 5.97 Å². The molecule has 2 saturated heterocycles. The van der Waals surface area contributed by atoms with Crippen molar-refractivity contribution >= 4 is 12.0 Å². The van der Waals surface area contributed by atoms with E-state index in [9.17, 15) is 35.4 Å². The lowest BCUT2D eigenvalue weighted by Gasteiger charge is -2.43. The molecule has 12 nitrogen and oxygen atoms in total. The molecule has 1 aliphatic carbocycles. The van der Waals surface area contributed by atoms with Gasteiger partial charge in [0.2, 0.25) is 6.29 Å². The van der Waals surface area contributed by atoms with Gasteiger partial charge in [0, 0.05) is 12.0 Å². The van der Waals surface area contributed by atoms with Crippen molar-refractivity contribution in [3.05, 3.63) is 48.2 Å². The van der Waals surface area contributed by atoms with Crippen LogP contribution >= 0.6 is 0 Å². The first-order chi connectivity index (χ1) is 17.3. The van der Waals surface area contributed by atoms with Crippen LogP contribution in [0.15, 0.2) is 42.7 Å². The summed E-state index contributed by atoms with van der Waals surface area (Å²) in [4.78, 5) is 12.6. The van der Waals surface area contributed by atoms with Gasteiger partial charge < -0.3 is 54.3 Å². The maximum absolute atomic E-state index is 12.6. The molecule has 12 heteroatoms. The number of aliphatic hydroxyl groups excluding tert-OH is 5. The zero-order valence-corrected chi connectivity index (χ0v) is 18.9. The number of hydrogen-bond donors (Lipinski definition) is 6. The largest absolute Gasteiger partial charge is 0.508 e. The van der Waals surface area contributed by atoms with Crippen LogP contribution in [0, 0.1) is 11.8 Å². The van der Waals surface area contributed by atoms with Crippen molar-refractivity contribution in [2.45, 2.75) is 54.8 Å². The first-order valence-corrected chi connectivity index (χ1v) is 11.5. The Bertz CT molecular complexity index is 1010. The number of rotatable bonds is 7. The molecule has 11 atom stereocenters. The minimum absolute atomic E-state index is 0.102. The normalized spacial score (nSPS) is 43.0. The smallest absolute Gasteiger partial charge is 0.331 e. The van der Waals surface area contributed by atoms with Crippen LogP contribution in [0.25, 0.3) is 6.08 Å². The van der Waals surface area contributed by atoms with Crippen LogP contribution in [-0.2, 0) is 28.5 Å². The molecule has 3 aliphatic heterocycles. The first kappa shape index (κ1) is 25.1. The highest BCUT2D eigenvalue weighted by atomic mass is 16.8. The lowest BCUT2D eigenvalue weighted by Crippen LogP contribution is -2.60. The van der Waals surface area contributed by atoms with Crippen molar-refractivity contribution in [1.29, 1.82) is 0 Å². The molecular weight excluding hydrogens is 480 g/mol. The van der Waals surface area contributed by atoms with Gasteiger partial charge in [-0.1, -0.05) is 12.1 Å². The van der Waals surface area contributed by atoms with E-state index in [4.69, 9.17) is 23.7 Å². The van der Waals surface area contributed by atoms with E-state index in [1.54, 1.807) is 18.2 Å². The highest BCUT2D eigenvalue weighted by molar-refractivity contribution is 5.87. The highest BCUT2D eigenvalue weighted by Gasteiger charge is 2.77. The summed E-state index contributed by atoms with van der Waals surface area (Å²) in [6, 6.07) is 6.24. The van der Waals surface area contributed by atoms with Gasteiger partial charge in [-0.15, -0.1) is 0 Å². The van der Waals surface area contributed by atoms with Crippen molar-refractivity contribution in [2.24, 2.45) is 11.8 Å². The summed E-state index contributed by atoms with van der Waals surface area (Å²) in [5.74, 6) is -1.67. The number of epoxide rings is 1. The predicted molar refractivity (Wildman–Crippen MR) is 118 cm³/mol. The Morgan fingerprint density at radius 1 is 1.06 bits per heavy atom. The minimum atomic E-state index is -1.64. The maximum atomic E-state index is 12.6. The molecule has 0 spiro atoms. The van der Waals surface area contributed by atoms with E-state index in [-0.39, 0.29) is 5.75 Å². The number of carbonyl (C=O) groups is 1. The van der Waals surface area contributed by atoms with Gasteiger partial charge in [-0.05, 0) is 29.8 Å². The van der Waals surface area contributed by atoms with Gasteiger partial charge in [0.1, 0.15) is 48.0 Å². The van der Waals surface area contributed by atoms with E-state index >= 15 is 0 Å². The summed E-state index contributed by atoms with van der Waals surface area (Å²) >= 11 is 0. The zero-order valence-electron chi connectivity index (χ0n) is 18.9. The molecule has 0 amide bonds. The van der Waals surface area contributed by atoms with Gasteiger partial charge in [0.25, 0.3) is 0 Å². The third-order valence-electron chi connectivity index (χ3n) is 7.16. The Morgan fingerprint density at radius 3 is 2.50 bits per heavy atom. The Kier molecular flexibility index (Phi) is 6.78. The number of benzene rings is 1. The number of esters is 1. The van der Waals surface area contributed by atoms with Crippen LogP contribution in [0.1, 0.15) is 5.56 Å². The van der Waals surface area contributed by atoms with Crippen molar-refractivity contribution in [3.8, 4) is 5.75 Å². The van der Waals surface area contributed by atoms with Crippen molar-refractivity contribution in [2.75, 3.05) is 13.2 Å². The quantitative estimate of drug-likeness (QED) is 0.141. The van der Waals surface area contributed by atoms with E-state index in [2.05, 4.69) is 0 Å². The molecule has 3 unspecified atom stereocenters. The SMILES string of the molecule is O=C(/C=C/c1ccc(O)cc1)O[C@H]1[C@@H]2C=COC(OC3O[C@H](CO)[C@@H](O)C(O)[C@H]3O)[C@@H]2[C@@]2(CO)O[C@@H]12. The van der Waals surface area contributed by atoms with Gasteiger partial charge in [-0.25, -0.2) is 4.79 Å². The standard InChI is InChI=1S/C24H28O12/c25-9-14-17(29)18(30)19(31)23(33-14)35-22-16-13(7-8-32-22)20(21-24(16,10-26)36-21)34-15(28)6-3-11-1-4-12(27)5-2-11/h1-8,13-14,16-23,25-27,29-31H,9-10H2/b6-3+/t13-,14-,16-,17-,18?,19-,20+,21+,22?,23?,24-/m1/s1. The number of carbonyl (C=O) groups excluding carboxylic acids is 1. The average molecular weight is 508 g/mol. The van der Waals surface area contributed by atoms with Gasteiger partial charge in [0.15, 0.2) is 6.29 Å². The summed E-state index contributed by atoms with van der Waals surface area (Å²) in [6.45, 7) is -1.04. The molecule has 4 aliphatic rings. The Labute approximate surface area is 205 Å². The summed E-state index contributed by atoms with van der Waals surface area (Å²) in [6.07, 6.45) is -4.18. The van der Waals surface area contributed by atoms with Crippen LogP contribution in [0.4, 0.5) is 0 Å². The van der Waals surface area contributed by atoms with E-state index < -0.39 is 85.8 Å². The van der Waals surface area contributed by atoms with Crippen molar-refractivity contribution in [3.63, 3.8) is 0 Å². The fraction of sp³-hybridized carbons (Fsp3) is 0.542. The number of hydrogen-bond acceptors (Lipinski definition) is 12. The summed E-state index contributed by atoms with van der Waals surface area (Å²) in [5, 5.41) is 59.3. The predicted octanol–water partition coefficient (Wildman–Crippen LogP) is -1.62. The van der Waals surface area contributed by atoms with Gasteiger partial charge in [-0.3, -0.25) is 0 Å². The summed E-state index contributed by atoms with van der Waals surface area (Å²) in [7, 11) is 0. The first-order valence-electron chi connectivity index (χ1n) is 11.5. The lowest BCUT2D eigenvalue weighted by molar-refractivity contribution is -0.344. The fourth-order valence-electron chi connectivity index (χ4n) is 5.21. The van der Waals surface area contributed by atoms with Crippen LogP contribution in [0.2, 0.25) is 0 Å². The lowest BCUT2D eigenvalue weighted by atomic mass is 9.85. The zero-order chi connectivity index (χ0) is 25.6. The minimum Gasteiger partial charge on any atom is -0.508 e. The monoisotopic (exact) mass is 508 g/mol. The number of phenols is 1. The second-order valence-electron chi connectivity index (χ2n) is 9.25. The Morgan fingerprint density at radius 2 is 1.81 bits per heavy atom. The van der Waals surface area contributed by atoms with Gasteiger partial charge in [0.05, 0.1) is 25.4 Å². The number of aromatic hydroxyl groups is 1. The number of aliphatic hydroxyl groups is 5. The van der Waals surface area contributed by atoms with Crippen LogP contribution in [-0.4, -0.2) is 105 Å². The second-order valence-corrected chi connectivity index (χ2v) is 9.25. The summed E-state index contributed by atoms with van der Waals surface area (Å²) in [5.41, 5.74) is -0.444. The Balaban J connectivity index is 1.30. The molecular formula is C24H28O12. The fourth-order valence-corrected chi connectivity index (χ4v) is 5.21. The molecule has 0 radical (unpaired) electrons.